The number of carboxylic acids is 1. The van der Waals surface area contributed by atoms with Crippen LogP contribution in [0.2, 0.25) is 0 Å². The van der Waals surface area contributed by atoms with Crippen molar-refractivity contribution in [1.82, 2.24) is 0 Å². The summed E-state index contributed by atoms with van der Waals surface area (Å²) in [5, 5.41) is 7.46. The number of hydrogen-bond donors (Lipinski definition) is 1. The molecular weight excluding hydrogens is 381 g/mol. The van der Waals surface area contributed by atoms with Gasteiger partial charge >= 0.3 is 12.1 Å². The minimum atomic E-state index is -4.53. The number of halogens is 3. The van der Waals surface area contributed by atoms with Crippen molar-refractivity contribution in [2.75, 3.05) is 0 Å². The lowest BCUT2D eigenvalue weighted by Crippen LogP contribution is -2.29. The summed E-state index contributed by atoms with van der Waals surface area (Å²) in [5.41, 5.74) is -0.0665. The van der Waals surface area contributed by atoms with E-state index in [-0.39, 0.29) is 10.5 Å². The summed E-state index contributed by atoms with van der Waals surface area (Å²) in [7, 11) is -4.18. The fraction of sp³-hybridized carbons (Fsp3) is 0.211. The molecule has 0 radical (unpaired) electrons. The first kappa shape index (κ1) is 20.5. The summed E-state index contributed by atoms with van der Waals surface area (Å²) in [4.78, 5) is 11.3. The van der Waals surface area contributed by atoms with Crippen LogP contribution in [0.5, 0.6) is 0 Å². The van der Waals surface area contributed by atoms with E-state index < -0.39 is 39.2 Å². The highest BCUT2D eigenvalue weighted by Crippen LogP contribution is 2.29. The Labute approximate surface area is 154 Å². The van der Waals surface area contributed by atoms with Crippen LogP contribution >= 0.6 is 0 Å². The molecule has 2 rings (SSSR count). The Hall–Kier alpha value is -2.79. The van der Waals surface area contributed by atoms with E-state index in [1.54, 1.807) is 19.1 Å². The molecule has 0 aromatic heterocycles. The summed E-state index contributed by atoms with van der Waals surface area (Å²) in [6.07, 6.45) is -5.09. The number of carboxylic acid groups (broad SMARTS) is 1. The van der Waals surface area contributed by atoms with E-state index in [4.69, 9.17) is 0 Å². The predicted molar refractivity (Wildman–Crippen MR) is 92.7 cm³/mol. The van der Waals surface area contributed by atoms with Gasteiger partial charge in [0.1, 0.15) is 0 Å². The first-order valence-corrected chi connectivity index (χ1v) is 9.26. The molecule has 0 bridgehead atoms. The van der Waals surface area contributed by atoms with Crippen molar-refractivity contribution in [3.05, 3.63) is 65.2 Å². The zero-order valence-electron chi connectivity index (χ0n) is 14.1. The number of rotatable bonds is 4. The van der Waals surface area contributed by atoms with Crippen molar-refractivity contribution < 1.29 is 31.5 Å². The van der Waals surface area contributed by atoms with E-state index >= 15 is 0 Å². The maximum absolute atomic E-state index is 12.7. The molecule has 0 saturated carbocycles. The summed E-state index contributed by atoms with van der Waals surface area (Å²) in [5.74, 6) is 3.19. The van der Waals surface area contributed by atoms with Gasteiger partial charge in [0.25, 0.3) is 0 Å². The monoisotopic (exact) mass is 396 g/mol. The highest BCUT2D eigenvalue weighted by atomic mass is 32.2. The number of hydrogen-bond acceptors (Lipinski definition) is 3. The van der Waals surface area contributed by atoms with Crippen molar-refractivity contribution in [2.24, 2.45) is 0 Å². The van der Waals surface area contributed by atoms with Gasteiger partial charge in [0, 0.05) is 12.0 Å². The highest BCUT2D eigenvalue weighted by molar-refractivity contribution is 7.92. The standard InChI is InChI=1S/C19H15F3O4S/c1-13-8-10-16(11-9-13)27(25,26)17(18(23)24)7-3-5-14-4-2-6-15(12-14)19(20,21)22/h2,4,6,8-12,17H,7H2,1H3,(H,23,24). The molecule has 0 amide bonds. The average Bonchev–Trinajstić information content (AvgIpc) is 2.58. The lowest BCUT2D eigenvalue weighted by atomic mass is 10.1. The third-order valence-electron chi connectivity index (χ3n) is 3.71. The van der Waals surface area contributed by atoms with Crippen molar-refractivity contribution >= 4 is 15.8 Å². The second-order valence-electron chi connectivity index (χ2n) is 5.77. The molecule has 2 aromatic rings. The van der Waals surface area contributed by atoms with Crippen LogP contribution in [-0.2, 0) is 20.8 Å². The van der Waals surface area contributed by atoms with Crippen LogP contribution in [0.4, 0.5) is 13.2 Å². The molecule has 1 atom stereocenters. The first-order valence-electron chi connectivity index (χ1n) is 7.71. The van der Waals surface area contributed by atoms with Crippen molar-refractivity contribution in [2.45, 2.75) is 29.7 Å². The van der Waals surface area contributed by atoms with Gasteiger partial charge in [0.2, 0.25) is 0 Å². The van der Waals surface area contributed by atoms with Gasteiger partial charge in [-0.25, -0.2) is 8.42 Å². The minimum Gasteiger partial charge on any atom is -0.480 e. The van der Waals surface area contributed by atoms with Crippen LogP contribution in [0.15, 0.2) is 53.4 Å². The summed E-state index contributed by atoms with van der Waals surface area (Å²) in [6.45, 7) is 1.76. The van der Waals surface area contributed by atoms with Crippen molar-refractivity contribution in [3.8, 4) is 11.8 Å². The molecule has 0 aliphatic carbocycles. The number of carbonyl (C=O) groups is 1. The fourth-order valence-electron chi connectivity index (χ4n) is 2.24. The number of alkyl halides is 3. The van der Waals surface area contributed by atoms with E-state index in [2.05, 4.69) is 11.8 Å². The van der Waals surface area contributed by atoms with E-state index in [0.29, 0.717) is 0 Å². The molecule has 27 heavy (non-hydrogen) atoms. The number of aryl methyl sites for hydroxylation is 1. The van der Waals surface area contributed by atoms with Crippen LogP contribution in [-0.4, -0.2) is 24.7 Å². The predicted octanol–water partition coefficient (Wildman–Crippen LogP) is 3.68. The smallest absolute Gasteiger partial charge is 0.416 e. The quantitative estimate of drug-likeness (QED) is 0.801. The minimum absolute atomic E-state index is 0.0155. The molecule has 4 nitrogen and oxygen atoms in total. The molecular formula is C19H15F3O4S. The summed E-state index contributed by atoms with van der Waals surface area (Å²) in [6, 6.07) is 9.89. The second kappa shape index (κ2) is 7.84. The zero-order chi connectivity index (χ0) is 20.2. The Bertz CT molecular complexity index is 998. The van der Waals surface area contributed by atoms with Gasteiger partial charge in [-0.2, -0.15) is 13.2 Å². The van der Waals surface area contributed by atoms with Gasteiger partial charge < -0.3 is 5.11 Å². The van der Waals surface area contributed by atoms with Crippen molar-refractivity contribution in [3.63, 3.8) is 0 Å². The van der Waals surface area contributed by atoms with Gasteiger partial charge in [0.05, 0.1) is 10.5 Å². The fourth-order valence-corrected chi connectivity index (χ4v) is 3.65. The number of aliphatic carboxylic acids is 1. The van der Waals surface area contributed by atoms with E-state index in [1.165, 1.54) is 24.3 Å². The Morgan fingerprint density at radius 2 is 1.78 bits per heavy atom. The van der Waals surface area contributed by atoms with Crippen LogP contribution in [0.1, 0.15) is 23.1 Å². The molecule has 142 valence electrons. The third kappa shape index (κ3) is 5.11. The molecule has 0 aliphatic rings. The van der Waals surface area contributed by atoms with Gasteiger partial charge in [-0.15, -0.1) is 0 Å². The summed E-state index contributed by atoms with van der Waals surface area (Å²) >= 11 is 0. The van der Waals surface area contributed by atoms with Crippen LogP contribution in [0.3, 0.4) is 0 Å². The van der Waals surface area contributed by atoms with Gasteiger partial charge in [-0.3, -0.25) is 4.79 Å². The Morgan fingerprint density at radius 3 is 2.33 bits per heavy atom. The topological polar surface area (TPSA) is 71.4 Å². The number of benzene rings is 2. The zero-order valence-corrected chi connectivity index (χ0v) is 14.9. The van der Waals surface area contributed by atoms with E-state index in [0.717, 1.165) is 17.7 Å². The Morgan fingerprint density at radius 1 is 1.15 bits per heavy atom. The maximum Gasteiger partial charge on any atom is 0.416 e. The highest BCUT2D eigenvalue weighted by Gasteiger charge is 2.33. The lowest BCUT2D eigenvalue weighted by molar-refractivity contribution is -0.138. The third-order valence-corrected chi connectivity index (χ3v) is 5.76. The molecule has 0 fully saturated rings. The van der Waals surface area contributed by atoms with Crippen LogP contribution < -0.4 is 0 Å². The Kier molecular flexibility index (Phi) is 5.96. The van der Waals surface area contributed by atoms with Crippen LogP contribution in [0.25, 0.3) is 0 Å². The number of sulfone groups is 1. The SMILES string of the molecule is Cc1ccc(S(=O)(=O)C(CC#Cc2cccc(C(F)(F)F)c2)C(=O)O)cc1. The molecule has 0 heterocycles. The van der Waals surface area contributed by atoms with Gasteiger partial charge in [-0.05, 0) is 37.3 Å². The Balaban J connectivity index is 2.28. The molecule has 1 N–H and O–H groups in total. The molecule has 1 unspecified atom stereocenters. The normalized spacial score (nSPS) is 12.7. The largest absolute Gasteiger partial charge is 0.480 e. The van der Waals surface area contributed by atoms with E-state index in [9.17, 15) is 31.5 Å². The maximum atomic E-state index is 12.7. The molecule has 0 saturated heterocycles. The van der Waals surface area contributed by atoms with Crippen LogP contribution in [0, 0.1) is 18.8 Å². The molecule has 0 spiro atoms. The average molecular weight is 396 g/mol. The van der Waals surface area contributed by atoms with Gasteiger partial charge in [-0.1, -0.05) is 35.6 Å². The molecule has 2 aromatic carbocycles. The molecule has 0 aliphatic heterocycles. The van der Waals surface area contributed by atoms with E-state index in [1.807, 2.05) is 0 Å². The summed E-state index contributed by atoms with van der Waals surface area (Å²) < 4.78 is 63.1. The van der Waals surface area contributed by atoms with Gasteiger partial charge in [0.15, 0.2) is 15.1 Å². The lowest BCUT2D eigenvalue weighted by Gasteiger charge is -2.11. The molecule has 8 heteroatoms. The second-order valence-corrected chi connectivity index (χ2v) is 7.90. The van der Waals surface area contributed by atoms with Crippen molar-refractivity contribution in [1.29, 1.82) is 0 Å². The first-order chi connectivity index (χ1) is 12.5.